The van der Waals surface area contributed by atoms with Gasteiger partial charge in [0.05, 0.1) is 37.9 Å². The summed E-state index contributed by atoms with van der Waals surface area (Å²) in [5.74, 6) is 5.18. The lowest BCUT2D eigenvalue weighted by Gasteiger charge is -2.13. The number of cyclic esters (lactones) is 1. The minimum Gasteiger partial charge on any atom is -0.462 e. The average molecular weight is 557 g/mol. The molecule has 0 aliphatic carbocycles. The molecule has 0 amide bonds. The summed E-state index contributed by atoms with van der Waals surface area (Å²) in [6, 6.07) is 4.26. The summed E-state index contributed by atoms with van der Waals surface area (Å²) in [5, 5.41) is 19.9. The monoisotopic (exact) mass is 556 g/mol. The van der Waals surface area contributed by atoms with Crippen LogP contribution in [0.4, 0.5) is 13.2 Å². The summed E-state index contributed by atoms with van der Waals surface area (Å²) in [5.41, 5.74) is -0.455. The number of rotatable bonds is 17. The largest absolute Gasteiger partial charge is 0.462 e. The van der Waals surface area contributed by atoms with Crippen LogP contribution in [0.15, 0.2) is 24.3 Å². The van der Waals surface area contributed by atoms with Gasteiger partial charge in [0.25, 0.3) is 0 Å². The van der Waals surface area contributed by atoms with Gasteiger partial charge in [0, 0.05) is 12.8 Å². The summed E-state index contributed by atoms with van der Waals surface area (Å²) >= 11 is 0. The van der Waals surface area contributed by atoms with E-state index in [0.717, 1.165) is 50.7 Å². The van der Waals surface area contributed by atoms with Gasteiger partial charge in [-0.25, -0.2) is 0 Å². The Labute approximate surface area is 228 Å². The number of ketones is 1. The van der Waals surface area contributed by atoms with Crippen molar-refractivity contribution in [3.8, 4) is 11.8 Å². The molecular formula is C29H39F3O7. The maximum absolute atomic E-state index is 12.6. The fourth-order valence-corrected chi connectivity index (χ4v) is 4.26. The van der Waals surface area contributed by atoms with Crippen LogP contribution in [0.5, 0.6) is 0 Å². The van der Waals surface area contributed by atoms with Crippen LogP contribution < -0.4 is 0 Å². The highest BCUT2D eigenvalue weighted by molar-refractivity contribution is 5.83. The molecule has 4 atom stereocenters. The van der Waals surface area contributed by atoms with E-state index in [1.54, 1.807) is 0 Å². The number of Topliss-reactive ketones (excluding diaryl/α,β-unsaturated/α-hetero) is 1. The van der Waals surface area contributed by atoms with E-state index in [-0.39, 0.29) is 56.6 Å². The van der Waals surface area contributed by atoms with E-state index in [9.17, 15) is 33.0 Å². The molecule has 1 aromatic rings. The second kappa shape index (κ2) is 17.3. The molecule has 0 saturated carbocycles. The van der Waals surface area contributed by atoms with Crippen LogP contribution in [0.2, 0.25) is 0 Å². The van der Waals surface area contributed by atoms with Gasteiger partial charge in [0.15, 0.2) is 0 Å². The second-order valence-corrected chi connectivity index (χ2v) is 9.83. The van der Waals surface area contributed by atoms with Crippen molar-refractivity contribution in [3.63, 3.8) is 0 Å². The first-order valence-corrected chi connectivity index (χ1v) is 13.4. The SMILES string of the molecule is CC(=O)CC1C[C@@H](CCCCCCCC#C[C@@H](O)COCCOC[C@@H](O)c2ccc(C(F)(F)F)cc2)OC1=O. The first-order valence-electron chi connectivity index (χ1n) is 13.4. The maximum Gasteiger partial charge on any atom is 0.416 e. The van der Waals surface area contributed by atoms with Gasteiger partial charge in [-0.05, 0) is 50.3 Å². The zero-order chi connectivity index (χ0) is 28.7. The summed E-state index contributed by atoms with van der Waals surface area (Å²) in [7, 11) is 0. The predicted molar refractivity (Wildman–Crippen MR) is 137 cm³/mol. The van der Waals surface area contributed by atoms with Crippen molar-refractivity contribution >= 4 is 11.8 Å². The Morgan fingerprint density at radius 1 is 1.05 bits per heavy atom. The quantitative estimate of drug-likeness (QED) is 0.162. The standard InChI is InChI=1S/C29H39F3O7/c1-21(33)17-23-18-26(39-28(23)36)10-8-6-4-2-3-5-7-9-25(34)19-37-15-16-38-20-27(35)22-11-13-24(14-12-22)29(30,31)32/h11-14,23,25-27,34-35H,2-6,8,10,15-20H2,1H3/t23?,25-,26-,27-/m1/s1. The van der Waals surface area contributed by atoms with Crippen molar-refractivity contribution in [3.05, 3.63) is 35.4 Å². The molecule has 0 spiro atoms. The zero-order valence-electron chi connectivity index (χ0n) is 22.4. The fourth-order valence-electron chi connectivity index (χ4n) is 4.26. The maximum atomic E-state index is 12.6. The second-order valence-electron chi connectivity index (χ2n) is 9.83. The molecule has 1 aliphatic heterocycles. The van der Waals surface area contributed by atoms with Crippen molar-refractivity contribution in [2.75, 3.05) is 26.4 Å². The van der Waals surface area contributed by atoms with Gasteiger partial charge in [0.2, 0.25) is 0 Å². The molecular weight excluding hydrogens is 517 g/mol. The topological polar surface area (TPSA) is 102 Å². The normalized spacial score (nSPS) is 18.8. The van der Waals surface area contributed by atoms with E-state index < -0.39 is 23.9 Å². The smallest absolute Gasteiger partial charge is 0.416 e. The van der Waals surface area contributed by atoms with Crippen molar-refractivity contribution in [1.82, 2.24) is 0 Å². The van der Waals surface area contributed by atoms with Crippen molar-refractivity contribution in [2.45, 2.75) is 89.2 Å². The van der Waals surface area contributed by atoms with Crippen LogP contribution in [0.25, 0.3) is 0 Å². The van der Waals surface area contributed by atoms with Crippen molar-refractivity contribution < 1.29 is 47.2 Å². The zero-order valence-corrected chi connectivity index (χ0v) is 22.4. The van der Waals surface area contributed by atoms with E-state index in [0.29, 0.717) is 18.4 Å². The number of aliphatic hydroxyl groups excluding tert-OH is 2. The van der Waals surface area contributed by atoms with Gasteiger partial charge in [-0.1, -0.05) is 37.3 Å². The number of esters is 1. The molecule has 1 unspecified atom stereocenters. The van der Waals surface area contributed by atoms with Gasteiger partial charge in [0.1, 0.15) is 24.1 Å². The molecule has 0 radical (unpaired) electrons. The van der Waals surface area contributed by atoms with E-state index in [1.807, 2.05) is 0 Å². The molecule has 1 aliphatic rings. The Bertz CT molecular complexity index is 937. The molecule has 1 fully saturated rings. The van der Waals surface area contributed by atoms with Crippen LogP contribution in [0, 0.1) is 17.8 Å². The van der Waals surface area contributed by atoms with Crippen LogP contribution in [0.3, 0.4) is 0 Å². The molecule has 0 aromatic heterocycles. The van der Waals surface area contributed by atoms with E-state index >= 15 is 0 Å². The number of halogens is 3. The van der Waals surface area contributed by atoms with Crippen LogP contribution in [-0.2, 0) is 30.0 Å². The molecule has 39 heavy (non-hydrogen) atoms. The number of carbonyl (C=O) groups is 2. The molecule has 218 valence electrons. The highest BCUT2D eigenvalue weighted by Gasteiger charge is 2.34. The summed E-state index contributed by atoms with van der Waals surface area (Å²) < 4.78 is 53.7. The van der Waals surface area contributed by atoms with Gasteiger partial charge >= 0.3 is 12.1 Å². The number of hydrogen-bond donors (Lipinski definition) is 2. The average Bonchev–Trinajstić information content (AvgIpc) is 3.22. The van der Waals surface area contributed by atoms with Crippen LogP contribution >= 0.6 is 0 Å². The van der Waals surface area contributed by atoms with Gasteiger partial charge < -0.3 is 29.2 Å². The highest BCUT2D eigenvalue weighted by atomic mass is 19.4. The number of aliphatic hydroxyl groups is 2. The Balaban J connectivity index is 1.42. The third-order valence-corrected chi connectivity index (χ3v) is 6.34. The van der Waals surface area contributed by atoms with Crippen LogP contribution in [0.1, 0.15) is 81.9 Å². The Kier molecular flexibility index (Phi) is 14.5. The minimum absolute atomic E-state index is 0.0157. The first-order chi connectivity index (χ1) is 18.6. The Hall–Kier alpha value is -2.45. The van der Waals surface area contributed by atoms with E-state index in [4.69, 9.17) is 14.2 Å². The number of benzene rings is 1. The van der Waals surface area contributed by atoms with E-state index in [2.05, 4.69) is 11.8 Å². The first kappa shape index (κ1) is 32.8. The van der Waals surface area contributed by atoms with Crippen molar-refractivity contribution in [2.24, 2.45) is 5.92 Å². The van der Waals surface area contributed by atoms with Crippen LogP contribution in [-0.4, -0.2) is 60.6 Å². The lowest BCUT2D eigenvalue weighted by Crippen LogP contribution is -2.17. The Morgan fingerprint density at radius 3 is 2.36 bits per heavy atom. The number of alkyl halides is 3. The highest BCUT2D eigenvalue weighted by Crippen LogP contribution is 2.30. The molecule has 7 nitrogen and oxygen atoms in total. The molecule has 2 rings (SSSR count). The molecule has 2 N–H and O–H groups in total. The summed E-state index contributed by atoms with van der Waals surface area (Å²) in [6.45, 7) is 1.76. The molecule has 1 aromatic carbocycles. The van der Waals surface area contributed by atoms with Crippen molar-refractivity contribution in [1.29, 1.82) is 0 Å². The third-order valence-electron chi connectivity index (χ3n) is 6.34. The number of carbonyl (C=O) groups excluding carboxylic acids is 2. The number of hydrogen-bond acceptors (Lipinski definition) is 7. The lowest BCUT2D eigenvalue weighted by atomic mass is 9.97. The van der Waals surface area contributed by atoms with Gasteiger partial charge in [-0.3, -0.25) is 4.79 Å². The number of ether oxygens (including phenoxy) is 3. The summed E-state index contributed by atoms with van der Waals surface area (Å²) in [4.78, 5) is 22.9. The predicted octanol–water partition coefficient (Wildman–Crippen LogP) is 4.78. The minimum atomic E-state index is -4.42. The number of unbranched alkanes of at least 4 members (excludes halogenated alkanes) is 5. The molecule has 1 saturated heterocycles. The Morgan fingerprint density at radius 2 is 1.69 bits per heavy atom. The van der Waals surface area contributed by atoms with Gasteiger partial charge in [-0.2, -0.15) is 13.2 Å². The van der Waals surface area contributed by atoms with E-state index in [1.165, 1.54) is 19.1 Å². The fraction of sp³-hybridized carbons (Fsp3) is 0.655. The van der Waals surface area contributed by atoms with Gasteiger partial charge in [-0.15, -0.1) is 5.92 Å². The molecule has 10 heteroatoms. The molecule has 1 heterocycles. The lowest BCUT2D eigenvalue weighted by molar-refractivity contribution is -0.145. The third kappa shape index (κ3) is 13.4. The summed E-state index contributed by atoms with van der Waals surface area (Å²) in [6.07, 6.45) is 0.979. The molecule has 0 bridgehead atoms.